The van der Waals surface area contributed by atoms with E-state index < -0.39 is 31.9 Å². The molecule has 1 fully saturated rings. The van der Waals surface area contributed by atoms with Crippen LogP contribution < -0.4 is 5.46 Å². The number of hydrogen-bond donors (Lipinski definition) is 0. The summed E-state index contributed by atoms with van der Waals surface area (Å²) in [6.45, 7) is 18.4. The van der Waals surface area contributed by atoms with Gasteiger partial charge in [-0.2, -0.15) is 0 Å². The van der Waals surface area contributed by atoms with Gasteiger partial charge in [0, 0.05) is 130 Å². The molecule has 0 amide bonds. The summed E-state index contributed by atoms with van der Waals surface area (Å²) >= 11 is 9.98. The van der Waals surface area contributed by atoms with Crippen LogP contribution >= 0.6 is 47.8 Å². The standard InChI is InChI=1S/C13H20BNO2.C7H8BrN.C6H5Br2N.B12/c1-9-7-10(2)15-8-11(9)14-16-12(3,4)13(5,6)17-14;1-5-3-6(2)9-4-7(5)8;1-4-2-6(8)9-3-5(4)7;1-8(2)11(7)12(9(3)4)10(5)6/h7-8H,1-6H3;3-4H,1-2H3;2-3H,1H3;. The quantitative estimate of drug-likeness (QED) is 0.294. The van der Waals surface area contributed by atoms with Gasteiger partial charge in [-0.3, -0.25) is 9.97 Å². The minimum absolute atomic E-state index is 0.297. The van der Waals surface area contributed by atoms with E-state index in [-0.39, 0.29) is 18.3 Å². The van der Waals surface area contributed by atoms with Crippen molar-refractivity contribution in [2.24, 2.45) is 0 Å². The van der Waals surface area contributed by atoms with E-state index in [2.05, 4.69) is 110 Å². The Morgan fingerprint density at radius 3 is 1.32 bits per heavy atom. The van der Waals surface area contributed by atoms with Gasteiger partial charge in [0.2, 0.25) is 0 Å². The molecule has 4 heterocycles. The van der Waals surface area contributed by atoms with Crippen molar-refractivity contribution < 1.29 is 9.31 Å². The molecule has 4 rings (SSSR count). The number of pyridine rings is 3. The zero-order valence-electron chi connectivity index (χ0n) is 28.8. The molecule has 0 atom stereocenters. The Morgan fingerprint density at radius 1 is 0.596 bits per heavy atom. The van der Waals surface area contributed by atoms with Crippen LogP contribution in [-0.2, 0) is 9.31 Å². The van der Waals surface area contributed by atoms with E-state index >= 15 is 0 Å². The van der Waals surface area contributed by atoms with Gasteiger partial charge in [0.1, 0.15) is 4.60 Å². The summed E-state index contributed by atoms with van der Waals surface area (Å²) in [5, 5.41) is 0. The summed E-state index contributed by atoms with van der Waals surface area (Å²) in [6.07, 6.45) is 2.23. The van der Waals surface area contributed by atoms with Crippen molar-refractivity contribution in [3.05, 3.63) is 78.4 Å². The van der Waals surface area contributed by atoms with E-state index in [0.29, 0.717) is 0 Å². The van der Waals surface area contributed by atoms with E-state index in [1.807, 2.05) is 45.3 Å². The highest BCUT2D eigenvalue weighted by atomic mass is 79.9. The Kier molecular flexibility index (Phi) is 18.9. The maximum Gasteiger partial charge on any atom is 0.496 e. The number of aromatic nitrogens is 3. The van der Waals surface area contributed by atoms with E-state index in [0.717, 1.165) is 36.0 Å². The third-order valence-corrected chi connectivity index (χ3v) is 9.86. The Morgan fingerprint density at radius 2 is 1.00 bits per heavy atom. The van der Waals surface area contributed by atoms with Crippen molar-refractivity contribution in [3.8, 4) is 0 Å². The van der Waals surface area contributed by atoms with Gasteiger partial charge in [-0.1, -0.05) is 0 Å². The summed E-state index contributed by atoms with van der Waals surface area (Å²) in [5.41, 5.74) is 6.10. The van der Waals surface area contributed by atoms with Crippen LogP contribution in [0.4, 0.5) is 0 Å². The third kappa shape index (κ3) is 14.4. The second-order valence-corrected chi connectivity index (χ2v) is 15.0. The second kappa shape index (κ2) is 19.9. The average molecular weight is 800 g/mol. The third-order valence-electron chi connectivity index (χ3n) is 7.77. The topological polar surface area (TPSA) is 57.1 Å². The molecule has 0 spiro atoms. The molecule has 3 aromatic rings. The van der Waals surface area contributed by atoms with Crippen LogP contribution in [0.2, 0.25) is 0 Å². The number of rotatable bonds is 5. The predicted octanol–water partition coefficient (Wildman–Crippen LogP) is 2.80. The van der Waals surface area contributed by atoms with Crippen LogP contribution in [0.15, 0.2) is 50.3 Å². The number of halogens is 3. The monoisotopic (exact) mass is 799 g/mol. The molecule has 224 valence electrons. The fraction of sp³-hybridized carbons (Fsp3) is 0.423. The summed E-state index contributed by atoms with van der Waals surface area (Å²) < 4.78 is 15.0. The largest absolute Gasteiger partial charge is 0.496 e. The first-order chi connectivity index (χ1) is 21.5. The SMILES string of the molecule is Cc1cc(Br)ncc1Br.Cc1cc(C)c(B2OC(C)(C)C(C)(C)O2)cn1.Cc1cc(C)c(Br)cn1.[B]B([B])B([B])B(B([B])[B])B([B])[B]. The molecule has 3 aromatic heterocycles. The van der Waals surface area contributed by atoms with Gasteiger partial charge < -0.3 is 9.31 Å². The maximum atomic E-state index is 6.01. The summed E-state index contributed by atoms with van der Waals surface area (Å²) in [5.74, 6) is 0. The van der Waals surface area contributed by atoms with Crippen LogP contribution in [0, 0.1) is 34.6 Å². The molecule has 0 aliphatic carbocycles. The number of aryl methyl sites for hydroxylation is 5. The first kappa shape index (κ1) is 44.7. The Bertz CT molecular complexity index is 1370. The van der Waals surface area contributed by atoms with Gasteiger partial charge in [-0.05, 0) is 145 Å². The van der Waals surface area contributed by atoms with Crippen molar-refractivity contribution in [3.63, 3.8) is 0 Å². The molecular weight excluding hydrogens is 767 g/mol. The second-order valence-electron chi connectivity index (χ2n) is 12.5. The lowest BCUT2D eigenvalue weighted by Crippen LogP contribution is -2.67. The normalized spacial score (nSPS) is 13.8. The van der Waals surface area contributed by atoms with Gasteiger partial charge in [-0.25, -0.2) is 4.98 Å². The molecule has 47 heavy (non-hydrogen) atoms. The molecule has 1 aliphatic heterocycles. The zero-order valence-corrected chi connectivity index (χ0v) is 33.5. The van der Waals surface area contributed by atoms with Crippen LogP contribution in [0.1, 0.15) is 55.8 Å². The Hall–Kier alpha value is -0.346. The first-order valence-electron chi connectivity index (χ1n) is 14.9. The van der Waals surface area contributed by atoms with E-state index in [1.165, 1.54) is 11.1 Å². The van der Waals surface area contributed by atoms with Crippen molar-refractivity contribution in [2.75, 3.05) is 0 Å². The molecule has 0 unspecified atom stereocenters. The van der Waals surface area contributed by atoms with Gasteiger partial charge >= 0.3 is 7.12 Å². The smallest absolute Gasteiger partial charge is 0.399 e. The summed E-state index contributed by atoms with van der Waals surface area (Å²) in [4.78, 5) is 12.4. The van der Waals surface area contributed by atoms with Crippen LogP contribution in [-0.4, -0.2) is 119 Å². The summed E-state index contributed by atoms with van der Waals surface area (Å²) in [6, 6.07) is 6.06. The molecule has 0 bridgehead atoms. The molecule has 0 aromatic carbocycles. The molecule has 1 saturated heterocycles. The highest BCUT2D eigenvalue weighted by Crippen LogP contribution is 2.36. The zero-order chi connectivity index (χ0) is 36.4. The maximum absolute atomic E-state index is 6.01. The fourth-order valence-corrected chi connectivity index (χ4v) is 5.01. The minimum Gasteiger partial charge on any atom is -0.399 e. The van der Waals surface area contributed by atoms with Crippen molar-refractivity contribution in [1.82, 2.24) is 15.0 Å². The van der Waals surface area contributed by atoms with Crippen LogP contribution in [0.3, 0.4) is 0 Å². The average Bonchev–Trinajstić information content (AvgIpc) is 3.15. The summed E-state index contributed by atoms with van der Waals surface area (Å²) in [7, 11) is 37.6. The van der Waals surface area contributed by atoms with Gasteiger partial charge in [0.15, 0.2) is 0 Å². The van der Waals surface area contributed by atoms with Gasteiger partial charge in [-0.15, -0.1) is 0 Å². The lowest BCUT2D eigenvalue weighted by atomic mass is 8.53. The predicted molar refractivity (Wildman–Crippen MR) is 224 cm³/mol. The molecule has 5 nitrogen and oxygen atoms in total. The Labute approximate surface area is 320 Å². The van der Waals surface area contributed by atoms with E-state index in [9.17, 15) is 0 Å². The minimum atomic E-state index is -0.723. The molecule has 14 radical (unpaired) electrons. The van der Waals surface area contributed by atoms with Crippen LogP contribution in [0.5, 0.6) is 0 Å². The number of hydrogen-bond acceptors (Lipinski definition) is 5. The molecule has 21 heteroatoms. The lowest BCUT2D eigenvalue weighted by Gasteiger charge is -2.32. The molecule has 0 N–H and O–H groups in total. The van der Waals surface area contributed by atoms with Crippen molar-refractivity contribution in [2.45, 2.75) is 73.5 Å². The van der Waals surface area contributed by atoms with Gasteiger partial charge in [0.05, 0.1) is 11.2 Å². The molecular formula is C26H33B13Br3N3O2. The molecule has 1 aliphatic rings. The molecule has 0 saturated carbocycles. The lowest BCUT2D eigenvalue weighted by molar-refractivity contribution is 0.00578. The van der Waals surface area contributed by atoms with Crippen molar-refractivity contribution in [1.29, 1.82) is 0 Å². The van der Waals surface area contributed by atoms with E-state index in [1.54, 1.807) is 6.20 Å². The van der Waals surface area contributed by atoms with Crippen LogP contribution in [0.25, 0.3) is 0 Å². The van der Waals surface area contributed by atoms with Gasteiger partial charge in [0.25, 0.3) is 0 Å². The highest BCUT2D eigenvalue weighted by Gasteiger charge is 2.52. The number of nitrogens with zero attached hydrogens (tertiary/aromatic N) is 3. The Balaban J connectivity index is 0.000000326. The highest BCUT2D eigenvalue weighted by molar-refractivity contribution is 9.11. The fourth-order valence-electron chi connectivity index (χ4n) is 4.14. The van der Waals surface area contributed by atoms with E-state index in [4.69, 9.17) is 63.5 Å². The van der Waals surface area contributed by atoms with Crippen molar-refractivity contribution >= 4 is 146 Å². The first-order valence-corrected chi connectivity index (χ1v) is 17.3.